The minimum Gasteiger partial charge on any atom is -0.481 e. The molecule has 0 spiro atoms. The molecule has 0 aliphatic heterocycles. The van der Waals surface area contributed by atoms with Gasteiger partial charge < -0.3 is 25.0 Å². The molecule has 2 aromatic carbocycles. The van der Waals surface area contributed by atoms with E-state index in [1.807, 2.05) is 47.3 Å². The average Bonchev–Trinajstić information content (AvgIpc) is 3.17. The number of aromatic nitrogens is 3. The second-order valence-electron chi connectivity index (χ2n) is 6.55. The lowest BCUT2D eigenvalue weighted by Crippen LogP contribution is -2.36. The summed E-state index contributed by atoms with van der Waals surface area (Å²) in [6, 6.07) is 11.3. The van der Waals surface area contributed by atoms with E-state index in [0.717, 1.165) is 22.0 Å². The summed E-state index contributed by atoms with van der Waals surface area (Å²) in [7, 11) is 0. The molecule has 4 aromatic rings. The molecule has 0 aliphatic carbocycles. The van der Waals surface area contributed by atoms with Gasteiger partial charge in [0.25, 0.3) is 0 Å². The Balaban J connectivity index is 2.02. The maximum atomic E-state index is 12.4. The number of aliphatic carboxylic acids is 1. The lowest BCUT2D eigenvalue weighted by atomic mass is 10.1. The molecule has 4 rings (SSSR count). The number of carboxylic acids is 1. The van der Waals surface area contributed by atoms with Crippen molar-refractivity contribution in [1.29, 1.82) is 0 Å². The fourth-order valence-corrected chi connectivity index (χ4v) is 3.39. The van der Waals surface area contributed by atoms with E-state index in [4.69, 9.17) is 10.8 Å². The highest BCUT2D eigenvalue weighted by Crippen LogP contribution is 2.26. The number of rotatable bonds is 5. The van der Waals surface area contributed by atoms with E-state index in [-0.39, 0.29) is 13.0 Å². The molecule has 2 aromatic heterocycles. The third-order valence-corrected chi connectivity index (χ3v) is 4.77. The maximum absolute atomic E-state index is 12.4. The normalized spacial score (nSPS) is 11.3. The van der Waals surface area contributed by atoms with Crippen LogP contribution in [0.5, 0.6) is 0 Å². The molecule has 0 saturated carbocycles. The van der Waals surface area contributed by atoms with Gasteiger partial charge in [0.15, 0.2) is 0 Å². The van der Waals surface area contributed by atoms with Crippen LogP contribution in [0, 0.1) is 0 Å². The molecule has 28 heavy (non-hydrogen) atoms. The smallest absolute Gasteiger partial charge is 0.316 e. The topological polar surface area (TPSA) is 123 Å². The van der Waals surface area contributed by atoms with E-state index in [0.29, 0.717) is 17.6 Å². The molecule has 2 heterocycles. The van der Waals surface area contributed by atoms with Gasteiger partial charge in [-0.05, 0) is 35.2 Å². The molecule has 0 atom stereocenters. The summed E-state index contributed by atoms with van der Waals surface area (Å²) in [5, 5.41) is 10.6. The van der Waals surface area contributed by atoms with Gasteiger partial charge in [0.2, 0.25) is 0 Å². The monoisotopic (exact) mass is 378 g/mol. The molecule has 0 unspecified atom stereocenters. The average molecular weight is 378 g/mol. The number of carboxylic acid groups (broad SMARTS) is 1. The van der Waals surface area contributed by atoms with E-state index in [9.17, 15) is 14.4 Å². The first kappa shape index (κ1) is 17.7. The van der Waals surface area contributed by atoms with Crippen LogP contribution >= 0.6 is 0 Å². The van der Waals surface area contributed by atoms with E-state index < -0.39 is 17.1 Å². The molecule has 142 valence electrons. The van der Waals surface area contributed by atoms with E-state index in [2.05, 4.69) is 4.98 Å². The number of carbonyl (C=O) groups is 1. The standard InChI is InChI=1S/C20H18N4O4/c21-10-12-5-7-23(11-12)14-3-1-13-2-4-16-18(15(13)9-14)24(8-6-17(25)26)20(28)19(27)22-16/h1-5,7,9,11H,6,8,10,21H2,(H,22,27)(H,25,26). The number of aryl methyl sites for hydroxylation is 1. The van der Waals surface area contributed by atoms with Crippen LogP contribution in [0.3, 0.4) is 0 Å². The number of hydrogen-bond donors (Lipinski definition) is 3. The molecule has 0 amide bonds. The first-order valence-corrected chi connectivity index (χ1v) is 8.76. The predicted octanol–water partition coefficient (Wildman–Crippen LogP) is 1.57. The van der Waals surface area contributed by atoms with E-state index in [1.54, 1.807) is 6.07 Å². The molecule has 0 fully saturated rings. The van der Waals surface area contributed by atoms with Crippen molar-refractivity contribution in [2.45, 2.75) is 19.5 Å². The van der Waals surface area contributed by atoms with Crippen LogP contribution in [0.2, 0.25) is 0 Å². The third kappa shape index (κ3) is 2.99. The van der Waals surface area contributed by atoms with Gasteiger partial charge in [0.1, 0.15) is 0 Å². The van der Waals surface area contributed by atoms with Crippen LogP contribution in [0.15, 0.2) is 58.4 Å². The van der Waals surface area contributed by atoms with Crippen LogP contribution in [0.4, 0.5) is 0 Å². The number of benzene rings is 2. The van der Waals surface area contributed by atoms with Crippen molar-refractivity contribution in [2.75, 3.05) is 0 Å². The predicted molar refractivity (Wildman–Crippen MR) is 106 cm³/mol. The zero-order valence-electron chi connectivity index (χ0n) is 14.9. The van der Waals surface area contributed by atoms with Crippen LogP contribution in [0.25, 0.3) is 27.5 Å². The van der Waals surface area contributed by atoms with Gasteiger partial charge in [-0.2, -0.15) is 0 Å². The molecule has 0 bridgehead atoms. The first-order chi connectivity index (χ1) is 13.5. The van der Waals surface area contributed by atoms with Crippen molar-refractivity contribution < 1.29 is 9.90 Å². The molecule has 0 aliphatic rings. The van der Waals surface area contributed by atoms with Crippen molar-refractivity contribution in [3.63, 3.8) is 0 Å². The number of aromatic amines is 1. The van der Waals surface area contributed by atoms with Gasteiger partial charge in [0, 0.05) is 36.6 Å². The Morgan fingerprint density at radius 3 is 2.64 bits per heavy atom. The van der Waals surface area contributed by atoms with Gasteiger partial charge in [0.05, 0.1) is 17.5 Å². The molecular weight excluding hydrogens is 360 g/mol. The zero-order chi connectivity index (χ0) is 19.8. The number of nitrogens with zero attached hydrogens (tertiary/aromatic N) is 2. The van der Waals surface area contributed by atoms with Crippen LogP contribution in [-0.4, -0.2) is 25.2 Å². The molecule has 4 N–H and O–H groups in total. The van der Waals surface area contributed by atoms with Crippen molar-refractivity contribution in [2.24, 2.45) is 5.73 Å². The fraction of sp³-hybridized carbons (Fsp3) is 0.150. The van der Waals surface area contributed by atoms with Crippen LogP contribution < -0.4 is 16.9 Å². The summed E-state index contributed by atoms with van der Waals surface area (Å²) >= 11 is 0. The summed E-state index contributed by atoms with van der Waals surface area (Å²) in [5.74, 6) is -1.04. The summed E-state index contributed by atoms with van der Waals surface area (Å²) in [5.41, 5.74) is 6.99. The minimum atomic E-state index is -1.04. The molecular formula is C20H18N4O4. The Labute approximate surface area is 158 Å². The largest absolute Gasteiger partial charge is 0.481 e. The fourth-order valence-electron chi connectivity index (χ4n) is 3.39. The third-order valence-electron chi connectivity index (χ3n) is 4.77. The van der Waals surface area contributed by atoms with Crippen molar-refractivity contribution in [3.05, 3.63) is 75.1 Å². The van der Waals surface area contributed by atoms with Gasteiger partial charge in [-0.1, -0.05) is 12.1 Å². The van der Waals surface area contributed by atoms with Crippen molar-refractivity contribution in [3.8, 4) is 5.69 Å². The van der Waals surface area contributed by atoms with Gasteiger partial charge in [-0.3, -0.25) is 14.4 Å². The number of H-pyrrole nitrogens is 1. The Morgan fingerprint density at radius 1 is 1.14 bits per heavy atom. The molecule has 0 radical (unpaired) electrons. The number of nitrogens with two attached hydrogens (primary N) is 1. The summed E-state index contributed by atoms with van der Waals surface area (Å²) in [6.45, 7) is 0.345. The van der Waals surface area contributed by atoms with Crippen LogP contribution in [0.1, 0.15) is 12.0 Å². The second-order valence-corrected chi connectivity index (χ2v) is 6.55. The van der Waals surface area contributed by atoms with Gasteiger partial charge in [-0.15, -0.1) is 0 Å². The Morgan fingerprint density at radius 2 is 1.93 bits per heavy atom. The van der Waals surface area contributed by atoms with Gasteiger partial charge in [-0.25, -0.2) is 0 Å². The quantitative estimate of drug-likeness (QED) is 0.359. The lowest BCUT2D eigenvalue weighted by molar-refractivity contribution is -0.137. The number of hydrogen-bond acceptors (Lipinski definition) is 4. The summed E-state index contributed by atoms with van der Waals surface area (Å²) < 4.78 is 3.17. The number of nitrogens with one attached hydrogen (secondary N) is 1. The second kappa shape index (κ2) is 6.82. The van der Waals surface area contributed by atoms with Crippen molar-refractivity contribution in [1.82, 2.24) is 14.1 Å². The summed E-state index contributed by atoms with van der Waals surface area (Å²) in [6.07, 6.45) is 3.56. The van der Waals surface area contributed by atoms with E-state index in [1.165, 1.54) is 4.57 Å². The highest BCUT2D eigenvalue weighted by molar-refractivity contribution is 6.04. The SMILES string of the molecule is NCc1ccn(-c2ccc3ccc4[nH]c(=O)c(=O)n(CCC(=O)O)c4c3c2)c1. The zero-order valence-corrected chi connectivity index (χ0v) is 14.9. The van der Waals surface area contributed by atoms with E-state index >= 15 is 0 Å². The Hall–Kier alpha value is -3.65. The van der Waals surface area contributed by atoms with Gasteiger partial charge >= 0.3 is 17.1 Å². The molecule has 0 saturated heterocycles. The molecule has 8 heteroatoms. The highest BCUT2D eigenvalue weighted by Gasteiger charge is 2.13. The maximum Gasteiger partial charge on any atom is 0.316 e. The summed E-state index contributed by atoms with van der Waals surface area (Å²) in [4.78, 5) is 38.1. The Bertz CT molecular complexity index is 1330. The lowest BCUT2D eigenvalue weighted by Gasteiger charge is -2.13. The minimum absolute atomic E-state index is 0.0846. The number of fused-ring (bicyclic) bond motifs is 3. The van der Waals surface area contributed by atoms with Crippen LogP contribution in [-0.2, 0) is 17.9 Å². The first-order valence-electron chi connectivity index (χ1n) is 8.76. The molecule has 8 nitrogen and oxygen atoms in total. The van der Waals surface area contributed by atoms with Crippen molar-refractivity contribution >= 4 is 27.8 Å². The Kier molecular flexibility index (Phi) is 4.32. The highest BCUT2D eigenvalue weighted by atomic mass is 16.4.